The number of carboxylic acids is 1. The molecule has 1 aromatic heterocycles. The summed E-state index contributed by atoms with van der Waals surface area (Å²) in [5, 5.41) is 13.1. The van der Waals surface area contributed by atoms with Crippen LogP contribution in [0.3, 0.4) is 0 Å². The van der Waals surface area contributed by atoms with E-state index in [2.05, 4.69) is 12.2 Å². The monoisotopic (exact) mass is 309 g/mol. The third-order valence-electron chi connectivity index (χ3n) is 3.20. The quantitative estimate of drug-likeness (QED) is 0.867. The second kappa shape index (κ2) is 6.39. The maximum Gasteiger partial charge on any atom is 0.345 e. The van der Waals surface area contributed by atoms with Gasteiger partial charge in [-0.2, -0.15) is 0 Å². The van der Waals surface area contributed by atoms with Crippen molar-refractivity contribution in [3.63, 3.8) is 0 Å². The molecule has 0 amide bonds. The van der Waals surface area contributed by atoms with E-state index in [1.54, 1.807) is 6.07 Å². The Bertz CT molecular complexity index is 607. The van der Waals surface area contributed by atoms with Gasteiger partial charge in [0.1, 0.15) is 4.88 Å². The van der Waals surface area contributed by atoms with E-state index < -0.39 is 5.97 Å². The molecule has 0 radical (unpaired) electrons. The number of carbonyl (C=O) groups is 1. The van der Waals surface area contributed by atoms with Gasteiger partial charge in [0.2, 0.25) is 0 Å². The molecule has 2 aromatic rings. The van der Waals surface area contributed by atoms with Gasteiger partial charge in [0.15, 0.2) is 0 Å². The molecule has 0 bridgehead atoms. The smallest absolute Gasteiger partial charge is 0.345 e. The molecule has 0 aliphatic heterocycles. The number of aryl methyl sites for hydroxylation is 1. The van der Waals surface area contributed by atoms with Crippen LogP contribution in [0, 0.1) is 6.92 Å². The number of halogens is 1. The first kappa shape index (κ1) is 15.0. The summed E-state index contributed by atoms with van der Waals surface area (Å²) in [6.07, 6.45) is 0. The van der Waals surface area contributed by atoms with E-state index in [9.17, 15) is 4.79 Å². The first-order valence-electron chi connectivity index (χ1n) is 6.29. The zero-order valence-corrected chi connectivity index (χ0v) is 12.9. The minimum Gasteiger partial charge on any atom is -0.477 e. The highest BCUT2D eigenvalue weighted by Crippen LogP contribution is 2.23. The van der Waals surface area contributed by atoms with Crippen LogP contribution >= 0.6 is 22.9 Å². The fraction of sp³-hybridized carbons (Fsp3) is 0.267. The van der Waals surface area contributed by atoms with Gasteiger partial charge in [0.05, 0.1) is 0 Å². The number of aromatic carboxylic acids is 1. The van der Waals surface area contributed by atoms with E-state index in [4.69, 9.17) is 16.7 Å². The Kier molecular flexibility index (Phi) is 4.81. The topological polar surface area (TPSA) is 49.3 Å². The van der Waals surface area contributed by atoms with Crippen molar-refractivity contribution in [2.24, 2.45) is 0 Å². The Balaban J connectivity index is 2.01. The molecule has 0 fully saturated rings. The van der Waals surface area contributed by atoms with Crippen LogP contribution < -0.4 is 5.32 Å². The molecule has 0 spiro atoms. The maximum absolute atomic E-state index is 10.9. The number of nitrogens with one attached hydrogen (secondary N) is 1. The summed E-state index contributed by atoms with van der Waals surface area (Å²) < 4.78 is 0. The van der Waals surface area contributed by atoms with Crippen LogP contribution in [-0.2, 0) is 6.54 Å². The molecular weight excluding hydrogens is 294 g/mol. The Morgan fingerprint density at radius 1 is 1.40 bits per heavy atom. The van der Waals surface area contributed by atoms with Crippen LogP contribution in [0.25, 0.3) is 0 Å². The van der Waals surface area contributed by atoms with Crippen molar-refractivity contribution in [3.05, 3.63) is 56.2 Å². The first-order chi connectivity index (χ1) is 9.47. The number of benzene rings is 1. The van der Waals surface area contributed by atoms with Gasteiger partial charge in [-0.3, -0.25) is 0 Å². The summed E-state index contributed by atoms with van der Waals surface area (Å²) in [6.45, 7) is 4.67. The summed E-state index contributed by atoms with van der Waals surface area (Å²) in [5.74, 6) is -0.866. The zero-order valence-electron chi connectivity index (χ0n) is 11.3. The predicted molar refractivity (Wildman–Crippen MR) is 82.7 cm³/mol. The van der Waals surface area contributed by atoms with E-state index in [0.29, 0.717) is 11.4 Å². The molecule has 1 heterocycles. The van der Waals surface area contributed by atoms with Crippen LogP contribution in [-0.4, -0.2) is 11.1 Å². The minimum atomic E-state index is -0.866. The Hall–Kier alpha value is -1.36. The molecule has 20 heavy (non-hydrogen) atoms. The van der Waals surface area contributed by atoms with Gasteiger partial charge < -0.3 is 10.4 Å². The standard InChI is InChI=1S/C15H16ClNO2S/c1-9(11-3-5-13(16)6-4-11)17-8-12-7-14(15(18)19)20-10(12)2/h3-7,9,17H,8H2,1-2H3,(H,18,19). The fourth-order valence-corrected chi connectivity index (χ4v) is 2.94. The van der Waals surface area contributed by atoms with Gasteiger partial charge >= 0.3 is 5.97 Å². The molecule has 106 valence electrons. The van der Waals surface area contributed by atoms with Gasteiger partial charge in [-0.25, -0.2) is 4.79 Å². The van der Waals surface area contributed by atoms with Gasteiger partial charge in [-0.15, -0.1) is 11.3 Å². The summed E-state index contributed by atoms with van der Waals surface area (Å²) in [4.78, 5) is 12.4. The third-order valence-corrected chi connectivity index (χ3v) is 4.53. The van der Waals surface area contributed by atoms with Crippen molar-refractivity contribution in [3.8, 4) is 0 Å². The third kappa shape index (κ3) is 3.60. The Labute approximate surface area is 127 Å². The molecule has 2 N–H and O–H groups in total. The largest absolute Gasteiger partial charge is 0.477 e. The summed E-state index contributed by atoms with van der Waals surface area (Å²) >= 11 is 7.18. The SMILES string of the molecule is Cc1sc(C(=O)O)cc1CNC(C)c1ccc(Cl)cc1. The van der Waals surface area contributed by atoms with Crippen molar-refractivity contribution in [1.82, 2.24) is 5.32 Å². The average Bonchev–Trinajstić information content (AvgIpc) is 2.78. The second-order valence-corrected chi connectivity index (χ2v) is 6.34. The minimum absolute atomic E-state index is 0.180. The average molecular weight is 310 g/mol. The lowest BCUT2D eigenvalue weighted by atomic mass is 10.1. The van der Waals surface area contributed by atoms with Gasteiger partial charge in [-0.1, -0.05) is 23.7 Å². The van der Waals surface area contributed by atoms with Crippen molar-refractivity contribution in [2.45, 2.75) is 26.4 Å². The lowest BCUT2D eigenvalue weighted by molar-refractivity contribution is 0.0702. The van der Waals surface area contributed by atoms with E-state index in [1.165, 1.54) is 11.3 Å². The Morgan fingerprint density at radius 2 is 2.05 bits per heavy atom. The lowest BCUT2D eigenvalue weighted by Crippen LogP contribution is -2.18. The molecule has 1 unspecified atom stereocenters. The van der Waals surface area contributed by atoms with Gasteiger partial charge in [0.25, 0.3) is 0 Å². The van der Waals surface area contributed by atoms with Crippen molar-refractivity contribution >= 4 is 28.9 Å². The molecule has 0 saturated carbocycles. The molecule has 0 aliphatic carbocycles. The van der Waals surface area contributed by atoms with Crippen LogP contribution in [0.4, 0.5) is 0 Å². The van der Waals surface area contributed by atoms with Crippen molar-refractivity contribution in [1.29, 1.82) is 0 Å². The summed E-state index contributed by atoms with van der Waals surface area (Å²) in [6, 6.07) is 9.64. The second-order valence-electron chi connectivity index (χ2n) is 4.65. The fourth-order valence-electron chi connectivity index (χ4n) is 1.93. The number of carboxylic acid groups (broad SMARTS) is 1. The molecule has 0 saturated heterocycles. The van der Waals surface area contributed by atoms with E-state index >= 15 is 0 Å². The molecule has 5 heteroatoms. The highest BCUT2D eigenvalue weighted by atomic mass is 35.5. The van der Waals surface area contributed by atoms with E-state index in [0.717, 1.165) is 21.0 Å². The molecule has 0 aliphatic rings. The normalized spacial score (nSPS) is 12.3. The zero-order chi connectivity index (χ0) is 14.7. The number of hydrogen-bond acceptors (Lipinski definition) is 3. The van der Waals surface area contributed by atoms with Crippen molar-refractivity contribution < 1.29 is 9.90 Å². The number of thiophene rings is 1. The van der Waals surface area contributed by atoms with Crippen LogP contribution in [0.5, 0.6) is 0 Å². The molecule has 2 rings (SSSR count). The van der Waals surface area contributed by atoms with Gasteiger partial charge in [-0.05, 0) is 43.2 Å². The molecule has 1 atom stereocenters. The molecule has 1 aromatic carbocycles. The van der Waals surface area contributed by atoms with Crippen molar-refractivity contribution in [2.75, 3.05) is 0 Å². The van der Waals surface area contributed by atoms with Crippen LogP contribution in [0.2, 0.25) is 5.02 Å². The number of hydrogen-bond donors (Lipinski definition) is 2. The van der Waals surface area contributed by atoms with E-state index in [1.807, 2.05) is 31.2 Å². The maximum atomic E-state index is 10.9. The number of rotatable bonds is 5. The molecule has 3 nitrogen and oxygen atoms in total. The summed E-state index contributed by atoms with van der Waals surface area (Å²) in [5.41, 5.74) is 2.19. The highest BCUT2D eigenvalue weighted by Gasteiger charge is 2.12. The molecular formula is C15H16ClNO2S. The van der Waals surface area contributed by atoms with Gasteiger partial charge in [0, 0.05) is 22.5 Å². The van der Waals surface area contributed by atoms with Crippen LogP contribution in [0.15, 0.2) is 30.3 Å². The van der Waals surface area contributed by atoms with Crippen LogP contribution in [0.1, 0.15) is 38.6 Å². The first-order valence-corrected chi connectivity index (χ1v) is 7.48. The summed E-state index contributed by atoms with van der Waals surface area (Å²) in [7, 11) is 0. The Morgan fingerprint density at radius 3 is 2.60 bits per heavy atom. The lowest BCUT2D eigenvalue weighted by Gasteiger charge is -2.14. The van der Waals surface area contributed by atoms with E-state index in [-0.39, 0.29) is 6.04 Å². The highest BCUT2D eigenvalue weighted by molar-refractivity contribution is 7.14. The predicted octanol–water partition coefficient (Wildman–Crippen LogP) is 4.26.